The van der Waals surface area contributed by atoms with Gasteiger partial charge in [-0.2, -0.15) is 5.10 Å². The normalized spacial score (nSPS) is 18.2. The summed E-state index contributed by atoms with van der Waals surface area (Å²) in [5.41, 5.74) is 2.93. The topological polar surface area (TPSA) is 75.9 Å². The lowest BCUT2D eigenvalue weighted by Gasteiger charge is -2.18. The lowest BCUT2D eigenvalue weighted by atomic mass is 9.97. The van der Waals surface area contributed by atoms with E-state index in [1.807, 2.05) is 9.58 Å². The number of hydrogen-bond acceptors (Lipinski definition) is 5. The summed E-state index contributed by atoms with van der Waals surface area (Å²) in [7, 11) is 0. The first-order valence-corrected chi connectivity index (χ1v) is 8.99. The van der Waals surface area contributed by atoms with E-state index < -0.39 is 0 Å². The smallest absolute Gasteiger partial charge is 0.219 e. The molecule has 1 atom stereocenters. The Bertz CT molecular complexity index is 748. The minimum Gasteiger partial charge on any atom is -0.342 e. The number of carbonyl (C=O) groups is 1. The zero-order valence-electron chi connectivity index (χ0n) is 15.6. The second kappa shape index (κ2) is 7.07. The Morgan fingerprint density at radius 3 is 2.76 bits per heavy atom. The SMILES string of the molecule is CC(=O)N1CC[C@H](c2nn(CCNCC(C)(C)C)c3nccnc23)C1. The van der Waals surface area contributed by atoms with Crippen molar-refractivity contribution in [2.45, 2.75) is 46.6 Å². The van der Waals surface area contributed by atoms with E-state index in [0.29, 0.717) is 0 Å². The number of hydrogen-bond donors (Lipinski definition) is 1. The summed E-state index contributed by atoms with van der Waals surface area (Å²) in [6, 6.07) is 0. The van der Waals surface area contributed by atoms with Crippen LogP contribution in [0.3, 0.4) is 0 Å². The summed E-state index contributed by atoms with van der Waals surface area (Å²) in [6.07, 6.45) is 4.36. The molecule has 0 spiro atoms. The van der Waals surface area contributed by atoms with E-state index in [4.69, 9.17) is 5.10 Å². The predicted octanol–water partition coefficient (Wildman–Crippen LogP) is 1.80. The second-order valence-electron chi connectivity index (χ2n) is 8.03. The van der Waals surface area contributed by atoms with Crippen molar-refractivity contribution in [2.24, 2.45) is 5.41 Å². The summed E-state index contributed by atoms with van der Waals surface area (Å²) in [5.74, 6) is 0.371. The van der Waals surface area contributed by atoms with Crippen molar-refractivity contribution >= 4 is 17.1 Å². The van der Waals surface area contributed by atoms with Gasteiger partial charge in [-0.25, -0.2) is 14.6 Å². The van der Waals surface area contributed by atoms with Crippen LogP contribution in [0.15, 0.2) is 12.4 Å². The molecule has 3 rings (SSSR count). The van der Waals surface area contributed by atoms with Crippen LogP contribution in [0, 0.1) is 5.41 Å². The summed E-state index contributed by atoms with van der Waals surface area (Å²) >= 11 is 0. The zero-order chi connectivity index (χ0) is 18.0. The van der Waals surface area contributed by atoms with E-state index in [1.165, 1.54) is 0 Å². The van der Waals surface area contributed by atoms with Crippen LogP contribution in [-0.4, -0.2) is 56.7 Å². The van der Waals surface area contributed by atoms with Gasteiger partial charge in [-0.05, 0) is 11.8 Å². The molecular weight excluding hydrogens is 316 g/mol. The van der Waals surface area contributed by atoms with E-state index >= 15 is 0 Å². The van der Waals surface area contributed by atoms with Gasteiger partial charge in [0.15, 0.2) is 5.65 Å². The molecule has 1 aliphatic heterocycles. The van der Waals surface area contributed by atoms with Crippen LogP contribution in [0.5, 0.6) is 0 Å². The molecule has 2 aromatic rings. The standard InChI is InChI=1S/C18H28N6O/c1-13(25)23-9-5-14(11-23)15-16-17(21-7-6-20-16)24(22-15)10-8-19-12-18(2,3)4/h6-7,14,19H,5,8-12H2,1-4H3/t14-/m0/s1. The molecule has 0 bridgehead atoms. The van der Waals surface area contributed by atoms with E-state index in [1.54, 1.807) is 19.3 Å². The van der Waals surface area contributed by atoms with Crippen molar-refractivity contribution in [2.75, 3.05) is 26.2 Å². The average molecular weight is 344 g/mol. The number of rotatable bonds is 5. The Morgan fingerprint density at radius 2 is 2.08 bits per heavy atom. The molecule has 0 radical (unpaired) electrons. The molecule has 1 aliphatic rings. The number of fused-ring (bicyclic) bond motifs is 1. The highest BCUT2D eigenvalue weighted by atomic mass is 16.2. The third kappa shape index (κ3) is 4.15. The maximum Gasteiger partial charge on any atom is 0.219 e. The fourth-order valence-electron chi connectivity index (χ4n) is 3.27. The third-order valence-corrected chi connectivity index (χ3v) is 4.57. The van der Waals surface area contributed by atoms with Crippen LogP contribution in [0.1, 0.15) is 45.7 Å². The minimum atomic E-state index is 0.128. The molecule has 1 amide bonds. The Morgan fingerprint density at radius 1 is 1.32 bits per heavy atom. The molecule has 3 heterocycles. The number of aromatic nitrogens is 4. The molecular formula is C18H28N6O. The Labute approximate surface area is 148 Å². The number of amides is 1. The van der Waals surface area contributed by atoms with Gasteiger partial charge in [0.2, 0.25) is 5.91 Å². The molecule has 0 aromatic carbocycles. The molecule has 25 heavy (non-hydrogen) atoms. The van der Waals surface area contributed by atoms with Gasteiger partial charge in [0.1, 0.15) is 5.52 Å². The molecule has 2 aromatic heterocycles. The van der Waals surface area contributed by atoms with Crippen LogP contribution in [0.4, 0.5) is 0 Å². The number of carbonyl (C=O) groups excluding carboxylic acids is 1. The molecule has 0 aliphatic carbocycles. The van der Waals surface area contributed by atoms with Crippen LogP contribution in [0.2, 0.25) is 0 Å². The lowest BCUT2D eigenvalue weighted by molar-refractivity contribution is -0.127. The molecule has 7 nitrogen and oxygen atoms in total. The van der Waals surface area contributed by atoms with Crippen molar-refractivity contribution < 1.29 is 4.79 Å². The molecule has 0 saturated carbocycles. The van der Waals surface area contributed by atoms with E-state index in [9.17, 15) is 4.79 Å². The summed E-state index contributed by atoms with van der Waals surface area (Å²) in [4.78, 5) is 22.5. The van der Waals surface area contributed by atoms with Crippen molar-refractivity contribution in [3.8, 4) is 0 Å². The van der Waals surface area contributed by atoms with Crippen LogP contribution in [0.25, 0.3) is 11.2 Å². The van der Waals surface area contributed by atoms with Crippen molar-refractivity contribution in [1.82, 2.24) is 30.0 Å². The maximum absolute atomic E-state index is 11.6. The van der Waals surface area contributed by atoms with Crippen LogP contribution < -0.4 is 5.32 Å². The van der Waals surface area contributed by atoms with Gasteiger partial charge in [-0.3, -0.25) is 4.79 Å². The maximum atomic E-state index is 11.6. The Kier molecular flexibility index (Phi) is 5.03. The summed E-state index contributed by atoms with van der Waals surface area (Å²) < 4.78 is 1.95. The molecule has 7 heteroatoms. The van der Waals surface area contributed by atoms with Crippen molar-refractivity contribution in [1.29, 1.82) is 0 Å². The van der Waals surface area contributed by atoms with Crippen molar-refractivity contribution in [3.63, 3.8) is 0 Å². The monoisotopic (exact) mass is 344 g/mol. The van der Waals surface area contributed by atoms with E-state index in [-0.39, 0.29) is 17.2 Å². The largest absolute Gasteiger partial charge is 0.342 e. The first kappa shape index (κ1) is 17.8. The minimum absolute atomic E-state index is 0.128. The quantitative estimate of drug-likeness (QED) is 0.837. The van der Waals surface area contributed by atoms with E-state index in [0.717, 1.165) is 56.0 Å². The van der Waals surface area contributed by atoms with Gasteiger partial charge in [0.05, 0.1) is 12.2 Å². The predicted molar refractivity (Wildman–Crippen MR) is 97.3 cm³/mol. The average Bonchev–Trinajstić information content (AvgIpc) is 3.16. The number of nitrogens with one attached hydrogen (secondary N) is 1. The lowest BCUT2D eigenvalue weighted by Crippen LogP contribution is -2.29. The third-order valence-electron chi connectivity index (χ3n) is 4.57. The van der Waals surface area contributed by atoms with Gasteiger partial charge < -0.3 is 10.2 Å². The molecule has 1 N–H and O–H groups in total. The van der Waals surface area contributed by atoms with Crippen LogP contribution in [-0.2, 0) is 11.3 Å². The van der Waals surface area contributed by atoms with Gasteiger partial charge in [0, 0.05) is 51.4 Å². The molecule has 1 saturated heterocycles. The summed E-state index contributed by atoms with van der Waals surface area (Å²) in [5, 5.41) is 8.29. The second-order valence-corrected chi connectivity index (χ2v) is 8.03. The number of likely N-dealkylation sites (tertiary alicyclic amines) is 1. The van der Waals surface area contributed by atoms with Gasteiger partial charge in [-0.1, -0.05) is 20.8 Å². The van der Waals surface area contributed by atoms with Gasteiger partial charge in [-0.15, -0.1) is 0 Å². The first-order valence-electron chi connectivity index (χ1n) is 8.99. The highest BCUT2D eigenvalue weighted by molar-refractivity contribution is 5.75. The van der Waals surface area contributed by atoms with Gasteiger partial charge >= 0.3 is 0 Å². The highest BCUT2D eigenvalue weighted by Crippen LogP contribution is 2.30. The highest BCUT2D eigenvalue weighted by Gasteiger charge is 2.30. The zero-order valence-corrected chi connectivity index (χ0v) is 15.6. The summed E-state index contributed by atoms with van der Waals surface area (Å²) in [6.45, 7) is 12.3. The fourth-order valence-corrected chi connectivity index (χ4v) is 3.27. The van der Waals surface area contributed by atoms with E-state index in [2.05, 4.69) is 36.1 Å². The number of nitrogens with zero attached hydrogens (tertiary/aromatic N) is 5. The van der Waals surface area contributed by atoms with Gasteiger partial charge in [0.25, 0.3) is 0 Å². The fraction of sp³-hybridized carbons (Fsp3) is 0.667. The van der Waals surface area contributed by atoms with Crippen molar-refractivity contribution in [3.05, 3.63) is 18.1 Å². The van der Waals surface area contributed by atoms with Crippen LogP contribution >= 0.6 is 0 Å². The Balaban J connectivity index is 1.76. The molecule has 0 unspecified atom stereocenters. The Hall–Kier alpha value is -2.02. The first-order chi connectivity index (χ1) is 11.8. The molecule has 1 fully saturated rings. The molecule has 136 valence electrons.